The molecule has 1 saturated carbocycles. The van der Waals surface area contributed by atoms with Gasteiger partial charge < -0.3 is 10.4 Å². The number of hydrogen-bond acceptors (Lipinski definition) is 3. The molecule has 17 heavy (non-hydrogen) atoms. The number of nitrogens with one attached hydrogen (secondary N) is 1. The first-order valence-electron chi connectivity index (χ1n) is 6.47. The number of rotatable bonds is 5. The van der Waals surface area contributed by atoms with Gasteiger partial charge in [0.1, 0.15) is 0 Å². The minimum absolute atomic E-state index is 0.0296. The molecule has 1 aliphatic rings. The molecular formula is C13H25NO2S. The van der Waals surface area contributed by atoms with Gasteiger partial charge in [0.25, 0.3) is 0 Å². The smallest absolute Gasteiger partial charge is 0.230 e. The van der Waals surface area contributed by atoms with Crippen LogP contribution in [-0.2, 0) is 4.79 Å². The molecule has 1 fully saturated rings. The summed E-state index contributed by atoms with van der Waals surface area (Å²) in [5.74, 6) is 0.897. The van der Waals surface area contributed by atoms with E-state index >= 15 is 0 Å². The standard InChI is InChI=1S/C13H25NO2S/c1-13(2,3)17-9-12(16)14-8-11(15)10-6-4-5-7-10/h10-11,15H,4-9H2,1-3H3,(H,14,16). The largest absolute Gasteiger partial charge is 0.391 e. The lowest BCUT2D eigenvalue weighted by Crippen LogP contribution is -2.36. The maximum Gasteiger partial charge on any atom is 0.230 e. The van der Waals surface area contributed by atoms with Crippen LogP contribution in [0.15, 0.2) is 0 Å². The molecule has 2 N–H and O–H groups in total. The molecule has 1 atom stereocenters. The molecule has 0 radical (unpaired) electrons. The van der Waals surface area contributed by atoms with Gasteiger partial charge in [-0.1, -0.05) is 33.6 Å². The van der Waals surface area contributed by atoms with E-state index in [1.807, 2.05) is 0 Å². The van der Waals surface area contributed by atoms with Crippen molar-refractivity contribution in [3.8, 4) is 0 Å². The second kappa shape index (κ2) is 6.64. The maximum atomic E-state index is 11.6. The summed E-state index contributed by atoms with van der Waals surface area (Å²) in [5, 5.41) is 12.7. The Labute approximate surface area is 109 Å². The molecule has 4 heteroatoms. The van der Waals surface area contributed by atoms with E-state index < -0.39 is 0 Å². The van der Waals surface area contributed by atoms with E-state index in [0.717, 1.165) is 12.8 Å². The molecule has 0 aromatic heterocycles. The molecule has 1 rings (SSSR count). The van der Waals surface area contributed by atoms with Crippen LogP contribution in [0.4, 0.5) is 0 Å². The average Bonchev–Trinajstić information content (AvgIpc) is 2.75. The van der Waals surface area contributed by atoms with Gasteiger partial charge in [-0.25, -0.2) is 0 Å². The molecule has 0 heterocycles. The second-order valence-electron chi connectivity index (χ2n) is 5.82. The van der Waals surface area contributed by atoms with E-state index in [9.17, 15) is 9.90 Å². The zero-order valence-electron chi connectivity index (χ0n) is 11.2. The highest BCUT2D eigenvalue weighted by Crippen LogP contribution is 2.27. The highest BCUT2D eigenvalue weighted by atomic mass is 32.2. The fourth-order valence-electron chi connectivity index (χ4n) is 2.06. The molecular weight excluding hydrogens is 234 g/mol. The van der Waals surface area contributed by atoms with Gasteiger partial charge in [0.05, 0.1) is 11.9 Å². The van der Waals surface area contributed by atoms with Gasteiger partial charge in [-0.3, -0.25) is 4.79 Å². The van der Waals surface area contributed by atoms with Gasteiger partial charge in [0.2, 0.25) is 5.91 Å². The normalized spacial score (nSPS) is 19.3. The summed E-state index contributed by atoms with van der Waals surface area (Å²) in [4.78, 5) is 11.6. The van der Waals surface area contributed by atoms with Gasteiger partial charge in [-0.15, -0.1) is 11.8 Å². The third-order valence-corrected chi connectivity index (χ3v) is 4.36. The van der Waals surface area contributed by atoms with Crippen molar-refractivity contribution >= 4 is 17.7 Å². The minimum atomic E-state index is -0.360. The number of carbonyl (C=O) groups is 1. The van der Waals surface area contributed by atoms with Crippen LogP contribution in [0, 0.1) is 5.92 Å². The zero-order chi connectivity index (χ0) is 12.9. The van der Waals surface area contributed by atoms with Gasteiger partial charge >= 0.3 is 0 Å². The lowest BCUT2D eigenvalue weighted by Gasteiger charge is -2.20. The van der Waals surface area contributed by atoms with Crippen LogP contribution in [0.3, 0.4) is 0 Å². The van der Waals surface area contributed by atoms with Crippen LogP contribution < -0.4 is 5.32 Å². The Kier molecular flexibility index (Phi) is 5.80. The van der Waals surface area contributed by atoms with Gasteiger partial charge in [-0.2, -0.15) is 0 Å². The first-order chi connectivity index (χ1) is 7.88. The number of thioether (sulfide) groups is 1. The summed E-state index contributed by atoms with van der Waals surface area (Å²) in [6, 6.07) is 0. The monoisotopic (exact) mass is 259 g/mol. The SMILES string of the molecule is CC(C)(C)SCC(=O)NCC(O)C1CCCC1. The van der Waals surface area contributed by atoms with E-state index in [1.54, 1.807) is 11.8 Å². The van der Waals surface area contributed by atoms with E-state index in [-0.39, 0.29) is 16.8 Å². The van der Waals surface area contributed by atoms with E-state index in [0.29, 0.717) is 18.2 Å². The van der Waals surface area contributed by atoms with Crippen molar-refractivity contribution in [2.45, 2.75) is 57.3 Å². The van der Waals surface area contributed by atoms with Crippen molar-refractivity contribution in [1.82, 2.24) is 5.32 Å². The Balaban J connectivity index is 2.14. The highest BCUT2D eigenvalue weighted by Gasteiger charge is 2.23. The maximum absolute atomic E-state index is 11.6. The van der Waals surface area contributed by atoms with Crippen molar-refractivity contribution in [2.24, 2.45) is 5.92 Å². The Bertz CT molecular complexity index is 244. The molecule has 0 bridgehead atoms. The highest BCUT2D eigenvalue weighted by molar-refractivity contribution is 8.01. The molecule has 0 aromatic rings. The number of carbonyl (C=O) groups excluding carboxylic acids is 1. The molecule has 0 aliphatic heterocycles. The molecule has 0 aromatic carbocycles. The summed E-state index contributed by atoms with van der Waals surface area (Å²) in [6.07, 6.45) is 4.29. The average molecular weight is 259 g/mol. The van der Waals surface area contributed by atoms with Crippen molar-refractivity contribution in [2.75, 3.05) is 12.3 Å². The lowest BCUT2D eigenvalue weighted by atomic mass is 10.0. The fourth-order valence-corrected chi connectivity index (χ4v) is 2.73. The van der Waals surface area contributed by atoms with Crippen molar-refractivity contribution < 1.29 is 9.90 Å². The summed E-state index contributed by atoms with van der Waals surface area (Å²) in [7, 11) is 0. The van der Waals surface area contributed by atoms with Crippen molar-refractivity contribution in [1.29, 1.82) is 0 Å². The Hall–Kier alpha value is -0.220. The van der Waals surface area contributed by atoms with E-state index in [1.165, 1.54) is 12.8 Å². The van der Waals surface area contributed by atoms with Crippen molar-refractivity contribution in [3.05, 3.63) is 0 Å². The third kappa shape index (κ3) is 6.32. The van der Waals surface area contributed by atoms with Crippen molar-refractivity contribution in [3.63, 3.8) is 0 Å². The number of hydrogen-bond donors (Lipinski definition) is 2. The molecule has 1 amide bonds. The van der Waals surface area contributed by atoms with E-state index in [4.69, 9.17) is 0 Å². The molecule has 1 unspecified atom stereocenters. The topological polar surface area (TPSA) is 49.3 Å². The summed E-state index contributed by atoms with van der Waals surface area (Å²) >= 11 is 1.63. The number of amides is 1. The summed E-state index contributed by atoms with van der Waals surface area (Å²) in [6.45, 7) is 6.70. The zero-order valence-corrected chi connectivity index (χ0v) is 12.0. The molecule has 3 nitrogen and oxygen atoms in total. The van der Waals surface area contributed by atoms with Gasteiger partial charge in [0, 0.05) is 11.3 Å². The Morgan fingerprint density at radius 1 is 1.41 bits per heavy atom. The van der Waals surface area contributed by atoms with Crippen LogP contribution in [0.5, 0.6) is 0 Å². The van der Waals surface area contributed by atoms with Gasteiger partial charge in [-0.05, 0) is 18.8 Å². The fraction of sp³-hybridized carbons (Fsp3) is 0.923. The minimum Gasteiger partial charge on any atom is -0.391 e. The van der Waals surface area contributed by atoms with Crippen LogP contribution in [-0.4, -0.2) is 34.2 Å². The van der Waals surface area contributed by atoms with Crippen LogP contribution >= 0.6 is 11.8 Å². The Morgan fingerprint density at radius 3 is 2.53 bits per heavy atom. The van der Waals surface area contributed by atoms with Crippen LogP contribution in [0.2, 0.25) is 0 Å². The quantitative estimate of drug-likeness (QED) is 0.795. The predicted octanol–water partition coefficient (Wildman–Crippen LogP) is 2.19. The first kappa shape index (κ1) is 14.8. The summed E-state index contributed by atoms with van der Waals surface area (Å²) in [5.41, 5.74) is 0. The number of aliphatic hydroxyl groups excluding tert-OH is 1. The molecule has 0 saturated heterocycles. The van der Waals surface area contributed by atoms with Crippen LogP contribution in [0.25, 0.3) is 0 Å². The van der Waals surface area contributed by atoms with Gasteiger partial charge in [0.15, 0.2) is 0 Å². The molecule has 100 valence electrons. The van der Waals surface area contributed by atoms with E-state index in [2.05, 4.69) is 26.1 Å². The third-order valence-electron chi connectivity index (χ3n) is 3.09. The Morgan fingerprint density at radius 2 is 2.00 bits per heavy atom. The second-order valence-corrected chi connectivity index (χ2v) is 7.62. The summed E-state index contributed by atoms with van der Waals surface area (Å²) < 4.78 is 0.113. The first-order valence-corrected chi connectivity index (χ1v) is 7.46. The molecule has 0 spiro atoms. The lowest BCUT2D eigenvalue weighted by molar-refractivity contribution is -0.119. The predicted molar refractivity (Wildman–Crippen MR) is 73.2 cm³/mol. The number of aliphatic hydroxyl groups is 1. The van der Waals surface area contributed by atoms with Crippen LogP contribution in [0.1, 0.15) is 46.5 Å². The molecule has 1 aliphatic carbocycles.